The standard InChI is InChI=1S/C15H14ClN3O3S/c1-2-21-14(20)11-7-9(3-5-12(11)16)13-6-4-10(22-13)8-18-19-15(17)23/h3-8H,2H2,1H3,(H3,17,19,23)/b18-8+. The smallest absolute Gasteiger partial charge is 0.339 e. The maximum atomic E-state index is 11.9. The molecule has 0 aliphatic carbocycles. The zero-order valence-corrected chi connectivity index (χ0v) is 13.8. The average Bonchev–Trinajstić information content (AvgIpc) is 2.96. The first-order chi connectivity index (χ1) is 11.0. The van der Waals surface area contributed by atoms with E-state index in [9.17, 15) is 4.79 Å². The largest absolute Gasteiger partial charge is 0.462 e. The topological polar surface area (TPSA) is 89.8 Å². The normalized spacial score (nSPS) is 10.7. The Bertz CT molecular complexity index is 758. The summed E-state index contributed by atoms with van der Waals surface area (Å²) in [6.45, 7) is 2.01. The van der Waals surface area contributed by atoms with Crippen molar-refractivity contribution in [2.75, 3.05) is 6.61 Å². The van der Waals surface area contributed by atoms with Gasteiger partial charge in [-0.05, 0) is 49.5 Å². The summed E-state index contributed by atoms with van der Waals surface area (Å²) in [4.78, 5) is 11.9. The molecule has 0 atom stereocenters. The number of esters is 1. The summed E-state index contributed by atoms with van der Waals surface area (Å²) in [6.07, 6.45) is 1.44. The van der Waals surface area contributed by atoms with Crippen LogP contribution in [0.5, 0.6) is 0 Å². The van der Waals surface area contributed by atoms with Crippen LogP contribution in [0.2, 0.25) is 5.02 Å². The summed E-state index contributed by atoms with van der Waals surface area (Å²) in [5.41, 5.74) is 8.66. The maximum Gasteiger partial charge on any atom is 0.339 e. The van der Waals surface area contributed by atoms with Crippen molar-refractivity contribution in [2.45, 2.75) is 6.92 Å². The number of benzene rings is 1. The molecular weight excluding hydrogens is 338 g/mol. The van der Waals surface area contributed by atoms with Gasteiger partial charge >= 0.3 is 5.97 Å². The second-order valence-electron chi connectivity index (χ2n) is 4.35. The number of hydrogen-bond acceptors (Lipinski definition) is 5. The molecule has 3 N–H and O–H groups in total. The summed E-state index contributed by atoms with van der Waals surface area (Å²) in [5, 5.41) is 4.18. The number of thiocarbonyl (C=S) groups is 1. The van der Waals surface area contributed by atoms with Crippen molar-refractivity contribution in [3.8, 4) is 11.3 Å². The lowest BCUT2D eigenvalue weighted by atomic mass is 10.1. The van der Waals surface area contributed by atoms with E-state index in [1.54, 1.807) is 37.3 Å². The van der Waals surface area contributed by atoms with Gasteiger partial charge in [0.1, 0.15) is 11.5 Å². The molecular formula is C15H14ClN3O3S. The van der Waals surface area contributed by atoms with Crippen molar-refractivity contribution in [2.24, 2.45) is 10.8 Å². The number of carbonyl (C=O) groups excluding carboxylic acids is 1. The van der Waals surface area contributed by atoms with Crippen molar-refractivity contribution >= 4 is 41.1 Å². The molecule has 1 aromatic carbocycles. The second-order valence-corrected chi connectivity index (χ2v) is 5.20. The molecule has 0 saturated carbocycles. The van der Waals surface area contributed by atoms with Gasteiger partial charge in [-0.3, -0.25) is 5.43 Å². The molecule has 0 aliphatic rings. The average molecular weight is 352 g/mol. The van der Waals surface area contributed by atoms with E-state index in [-0.39, 0.29) is 17.3 Å². The van der Waals surface area contributed by atoms with E-state index in [4.69, 9.17) is 26.5 Å². The van der Waals surface area contributed by atoms with Gasteiger partial charge in [0, 0.05) is 5.56 Å². The molecule has 0 bridgehead atoms. The molecule has 0 radical (unpaired) electrons. The van der Waals surface area contributed by atoms with E-state index in [2.05, 4.69) is 22.7 Å². The van der Waals surface area contributed by atoms with Gasteiger partial charge in [-0.15, -0.1) is 0 Å². The molecule has 2 aromatic rings. The van der Waals surface area contributed by atoms with Crippen LogP contribution in [0.1, 0.15) is 23.0 Å². The monoisotopic (exact) mass is 351 g/mol. The lowest BCUT2D eigenvalue weighted by Gasteiger charge is -2.05. The van der Waals surface area contributed by atoms with Gasteiger partial charge in [-0.2, -0.15) is 5.10 Å². The van der Waals surface area contributed by atoms with Crippen LogP contribution in [0, 0.1) is 0 Å². The number of nitrogens with one attached hydrogen (secondary N) is 1. The van der Waals surface area contributed by atoms with E-state index in [1.165, 1.54) is 6.21 Å². The van der Waals surface area contributed by atoms with Crippen LogP contribution in [0.25, 0.3) is 11.3 Å². The van der Waals surface area contributed by atoms with Gasteiger partial charge in [0.05, 0.1) is 23.4 Å². The third-order valence-corrected chi connectivity index (χ3v) is 3.16. The summed E-state index contributed by atoms with van der Waals surface area (Å²) in [7, 11) is 0. The highest BCUT2D eigenvalue weighted by Gasteiger charge is 2.14. The van der Waals surface area contributed by atoms with Crippen LogP contribution in [0.15, 0.2) is 39.9 Å². The number of ether oxygens (including phenoxy) is 1. The highest BCUT2D eigenvalue weighted by Crippen LogP contribution is 2.27. The van der Waals surface area contributed by atoms with Crippen LogP contribution in [-0.2, 0) is 4.74 Å². The lowest BCUT2D eigenvalue weighted by molar-refractivity contribution is 0.0526. The fourth-order valence-electron chi connectivity index (χ4n) is 1.78. The van der Waals surface area contributed by atoms with Crippen LogP contribution in [0.4, 0.5) is 0 Å². The molecule has 23 heavy (non-hydrogen) atoms. The molecule has 8 heteroatoms. The Morgan fingerprint density at radius 1 is 1.48 bits per heavy atom. The predicted octanol–water partition coefficient (Wildman–Crippen LogP) is 2.94. The van der Waals surface area contributed by atoms with E-state index < -0.39 is 5.97 Å². The Morgan fingerprint density at radius 2 is 2.26 bits per heavy atom. The highest BCUT2D eigenvalue weighted by atomic mass is 35.5. The molecule has 6 nitrogen and oxygen atoms in total. The summed E-state index contributed by atoms with van der Waals surface area (Å²) >= 11 is 10.7. The van der Waals surface area contributed by atoms with Crippen LogP contribution < -0.4 is 11.2 Å². The van der Waals surface area contributed by atoms with Gasteiger partial charge < -0.3 is 14.9 Å². The minimum atomic E-state index is -0.478. The van der Waals surface area contributed by atoms with Crippen molar-refractivity contribution in [1.82, 2.24) is 5.43 Å². The van der Waals surface area contributed by atoms with Gasteiger partial charge in [0.15, 0.2) is 5.11 Å². The minimum Gasteiger partial charge on any atom is -0.462 e. The van der Waals surface area contributed by atoms with Gasteiger partial charge in [-0.25, -0.2) is 4.79 Å². The fourth-order valence-corrected chi connectivity index (χ4v) is 2.03. The first-order valence-electron chi connectivity index (χ1n) is 6.66. The fraction of sp³-hybridized carbons (Fsp3) is 0.133. The third kappa shape index (κ3) is 4.54. The molecule has 120 valence electrons. The van der Waals surface area contributed by atoms with Crippen LogP contribution >= 0.6 is 23.8 Å². The molecule has 0 amide bonds. The number of hydrogen-bond donors (Lipinski definition) is 2. The van der Waals surface area contributed by atoms with Crippen molar-refractivity contribution in [1.29, 1.82) is 0 Å². The lowest BCUT2D eigenvalue weighted by Crippen LogP contribution is -2.23. The number of hydrazone groups is 1. The van der Waals surface area contributed by atoms with E-state index >= 15 is 0 Å². The van der Waals surface area contributed by atoms with E-state index in [0.717, 1.165) is 0 Å². The molecule has 0 aliphatic heterocycles. The number of nitrogens with two attached hydrogens (primary N) is 1. The second kappa shape index (κ2) is 7.75. The quantitative estimate of drug-likeness (QED) is 0.372. The Morgan fingerprint density at radius 3 is 2.96 bits per heavy atom. The molecule has 1 aromatic heterocycles. The van der Waals surface area contributed by atoms with E-state index in [1.807, 2.05) is 0 Å². The Hall–Kier alpha value is -2.38. The first-order valence-corrected chi connectivity index (χ1v) is 7.45. The first kappa shape index (κ1) is 17.0. The van der Waals surface area contributed by atoms with Crippen molar-refractivity contribution in [3.05, 3.63) is 46.7 Å². The Labute approximate surface area is 143 Å². The molecule has 2 rings (SSSR count). The SMILES string of the molecule is CCOC(=O)c1cc(-c2ccc(/C=N/NC(N)=S)o2)ccc1Cl. The summed E-state index contributed by atoms with van der Waals surface area (Å²) < 4.78 is 10.6. The Kier molecular flexibility index (Phi) is 5.72. The molecule has 0 fully saturated rings. The number of halogens is 1. The zero-order valence-electron chi connectivity index (χ0n) is 12.2. The minimum absolute atomic E-state index is 0.0600. The Balaban J connectivity index is 2.24. The molecule has 0 unspecified atom stereocenters. The molecule has 1 heterocycles. The summed E-state index contributed by atoms with van der Waals surface area (Å²) in [5.74, 6) is 0.578. The van der Waals surface area contributed by atoms with Gasteiger partial charge in [0.2, 0.25) is 0 Å². The molecule has 0 saturated heterocycles. The molecule has 0 spiro atoms. The van der Waals surface area contributed by atoms with Crippen molar-refractivity contribution in [3.63, 3.8) is 0 Å². The number of nitrogens with zero attached hydrogens (tertiary/aromatic N) is 1. The number of rotatable bonds is 5. The van der Waals surface area contributed by atoms with E-state index in [0.29, 0.717) is 22.1 Å². The van der Waals surface area contributed by atoms with Crippen molar-refractivity contribution < 1.29 is 13.9 Å². The van der Waals surface area contributed by atoms with Crippen LogP contribution in [0.3, 0.4) is 0 Å². The number of furan rings is 1. The van der Waals surface area contributed by atoms with Gasteiger partial charge in [0.25, 0.3) is 0 Å². The predicted molar refractivity (Wildman–Crippen MR) is 92.6 cm³/mol. The van der Waals surface area contributed by atoms with Crippen LogP contribution in [-0.4, -0.2) is 23.9 Å². The third-order valence-electron chi connectivity index (χ3n) is 2.74. The number of carbonyl (C=O) groups is 1. The summed E-state index contributed by atoms with van der Waals surface area (Å²) in [6, 6.07) is 8.46. The maximum absolute atomic E-state index is 11.9. The van der Waals surface area contributed by atoms with Gasteiger partial charge in [-0.1, -0.05) is 11.6 Å². The highest BCUT2D eigenvalue weighted by molar-refractivity contribution is 7.80. The zero-order chi connectivity index (χ0) is 16.8.